The number of carbonyl (C=O) groups excluding carboxylic acids is 3. The van der Waals surface area contributed by atoms with Crippen molar-refractivity contribution in [3.05, 3.63) is 69.3 Å². The lowest BCUT2D eigenvalue weighted by Crippen LogP contribution is -2.45. The Balaban J connectivity index is 1.77. The highest BCUT2D eigenvalue weighted by molar-refractivity contribution is 14.1. The van der Waals surface area contributed by atoms with E-state index in [1.807, 2.05) is 54.6 Å². The van der Waals surface area contributed by atoms with Crippen molar-refractivity contribution < 1.29 is 29.0 Å². The van der Waals surface area contributed by atoms with E-state index in [9.17, 15) is 19.5 Å². The van der Waals surface area contributed by atoms with Gasteiger partial charge in [-0.05, 0) is 45.9 Å². The molecule has 0 bridgehead atoms. The molecule has 2 rings (SSSR count). The quantitative estimate of drug-likeness (QED) is 0.315. The van der Waals surface area contributed by atoms with Crippen LogP contribution in [0, 0.1) is 3.57 Å². The van der Waals surface area contributed by atoms with E-state index in [0.29, 0.717) is 0 Å². The van der Waals surface area contributed by atoms with Crippen molar-refractivity contribution in [3.8, 4) is 0 Å². The second-order valence-electron chi connectivity index (χ2n) is 6.78. The number of hydrogen-bond acceptors (Lipinski definition) is 6. The van der Waals surface area contributed by atoms with Gasteiger partial charge < -0.3 is 25.2 Å². The van der Waals surface area contributed by atoms with Gasteiger partial charge in [-0.25, -0.2) is 9.59 Å². The van der Waals surface area contributed by atoms with E-state index in [1.165, 1.54) is 7.11 Å². The van der Waals surface area contributed by atoms with Gasteiger partial charge >= 0.3 is 12.1 Å². The summed E-state index contributed by atoms with van der Waals surface area (Å²) in [4.78, 5) is 36.1. The van der Waals surface area contributed by atoms with Crippen LogP contribution in [-0.2, 0) is 32.1 Å². The summed E-state index contributed by atoms with van der Waals surface area (Å²) in [6.45, 7) is -0.0662. The molecule has 2 atom stereocenters. The number of aliphatic hydroxyl groups excluding tert-OH is 1. The molecule has 2 aromatic carbocycles. The third-order valence-electron chi connectivity index (χ3n) is 4.27. The Morgan fingerprint density at radius 3 is 2.45 bits per heavy atom. The Morgan fingerprint density at radius 2 is 1.77 bits per heavy atom. The average molecular weight is 540 g/mol. The molecule has 2 aromatic rings. The van der Waals surface area contributed by atoms with Gasteiger partial charge in [0, 0.05) is 16.5 Å². The first-order chi connectivity index (χ1) is 14.9. The number of benzene rings is 2. The molecule has 0 aliphatic rings. The zero-order valence-corrected chi connectivity index (χ0v) is 19.2. The van der Waals surface area contributed by atoms with E-state index in [2.05, 4.69) is 33.2 Å². The fraction of sp³-hybridized carbons (Fsp3) is 0.318. The number of halogens is 1. The van der Waals surface area contributed by atoms with Gasteiger partial charge in [-0.2, -0.15) is 0 Å². The van der Waals surface area contributed by atoms with Gasteiger partial charge in [0.05, 0.1) is 19.6 Å². The number of carbonyl (C=O) groups is 3. The van der Waals surface area contributed by atoms with Crippen LogP contribution in [0.2, 0.25) is 0 Å². The monoisotopic (exact) mass is 540 g/mol. The third kappa shape index (κ3) is 9.35. The van der Waals surface area contributed by atoms with E-state index in [-0.39, 0.29) is 26.0 Å². The molecule has 0 unspecified atom stereocenters. The smallest absolute Gasteiger partial charge is 0.407 e. The van der Waals surface area contributed by atoms with Crippen LogP contribution in [0.3, 0.4) is 0 Å². The number of hydrogen-bond donors (Lipinski definition) is 3. The molecular weight excluding hydrogens is 515 g/mol. The highest BCUT2D eigenvalue weighted by atomic mass is 127. The summed E-state index contributed by atoms with van der Waals surface area (Å²) in [5.41, 5.74) is 1.70. The molecule has 0 aliphatic carbocycles. The van der Waals surface area contributed by atoms with Gasteiger partial charge in [-0.1, -0.05) is 42.5 Å². The molecular formula is C22H25IN2O6. The number of rotatable bonds is 10. The van der Waals surface area contributed by atoms with Crippen LogP contribution >= 0.6 is 22.6 Å². The van der Waals surface area contributed by atoms with Crippen LogP contribution in [0.5, 0.6) is 0 Å². The highest BCUT2D eigenvalue weighted by Gasteiger charge is 2.23. The number of methoxy groups -OCH3 is 1. The van der Waals surface area contributed by atoms with Gasteiger partial charge in [-0.3, -0.25) is 4.79 Å². The van der Waals surface area contributed by atoms with Gasteiger partial charge in [0.1, 0.15) is 12.6 Å². The van der Waals surface area contributed by atoms with Crippen LogP contribution in [0.4, 0.5) is 4.79 Å². The molecule has 166 valence electrons. The molecule has 8 nitrogen and oxygen atoms in total. The lowest BCUT2D eigenvalue weighted by Gasteiger charge is -2.18. The Kier molecular flexibility index (Phi) is 10.2. The molecule has 0 aromatic heterocycles. The lowest BCUT2D eigenvalue weighted by atomic mass is 10.1. The van der Waals surface area contributed by atoms with Gasteiger partial charge in [-0.15, -0.1) is 0 Å². The maximum Gasteiger partial charge on any atom is 0.407 e. The summed E-state index contributed by atoms with van der Waals surface area (Å²) in [6.07, 6.45) is -1.87. The minimum atomic E-state index is -1.14. The van der Waals surface area contributed by atoms with Crippen LogP contribution in [0.1, 0.15) is 17.5 Å². The molecule has 0 saturated carbocycles. The standard InChI is InChI=1S/C22H25IN2O6/c1-30-21(28)19(11-16-8-5-9-17(23)10-16)25-20(27)12-18(26)13-24-22(29)31-14-15-6-3-2-4-7-15/h2-10,18-19,26H,11-14H2,1H3,(H,24,29)(H,25,27)/t18-,19+/m0/s1. The number of amides is 2. The first-order valence-corrected chi connectivity index (χ1v) is 10.7. The fourth-order valence-corrected chi connectivity index (χ4v) is 3.36. The van der Waals surface area contributed by atoms with Crippen LogP contribution in [-0.4, -0.2) is 48.9 Å². The number of aliphatic hydroxyl groups is 1. The molecule has 2 amide bonds. The Morgan fingerprint density at radius 1 is 1.06 bits per heavy atom. The Labute approximate surface area is 194 Å². The summed E-state index contributed by atoms with van der Waals surface area (Å²) >= 11 is 2.16. The second-order valence-corrected chi connectivity index (χ2v) is 8.02. The SMILES string of the molecule is COC(=O)[C@@H](Cc1cccc(I)c1)NC(=O)C[C@H](O)CNC(=O)OCc1ccccc1. The maximum absolute atomic E-state index is 12.3. The van der Waals surface area contributed by atoms with Gasteiger partial charge in [0.15, 0.2) is 0 Å². The summed E-state index contributed by atoms with van der Waals surface area (Å²) in [5, 5.41) is 15.0. The van der Waals surface area contributed by atoms with Crippen LogP contribution in [0.25, 0.3) is 0 Å². The predicted octanol–water partition coefficient (Wildman–Crippen LogP) is 2.17. The van der Waals surface area contributed by atoms with Crippen molar-refractivity contribution in [2.24, 2.45) is 0 Å². The second kappa shape index (κ2) is 12.9. The van der Waals surface area contributed by atoms with Gasteiger partial charge in [0.2, 0.25) is 5.91 Å². The minimum Gasteiger partial charge on any atom is -0.467 e. The van der Waals surface area contributed by atoms with E-state index in [4.69, 9.17) is 9.47 Å². The van der Waals surface area contributed by atoms with Gasteiger partial charge in [0.25, 0.3) is 0 Å². The van der Waals surface area contributed by atoms with E-state index < -0.39 is 30.1 Å². The summed E-state index contributed by atoms with van der Waals surface area (Å²) in [6, 6.07) is 15.8. The van der Waals surface area contributed by atoms with E-state index >= 15 is 0 Å². The number of alkyl carbamates (subject to hydrolysis) is 1. The summed E-state index contributed by atoms with van der Waals surface area (Å²) in [7, 11) is 1.25. The molecule has 0 fully saturated rings. The zero-order valence-electron chi connectivity index (χ0n) is 17.0. The molecule has 0 radical (unpaired) electrons. The Bertz CT molecular complexity index is 877. The molecule has 0 heterocycles. The first kappa shape index (κ1) is 24.6. The topological polar surface area (TPSA) is 114 Å². The molecule has 0 spiro atoms. The fourth-order valence-electron chi connectivity index (χ4n) is 2.75. The third-order valence-corrected chi connectivity index (χ3v) is 4.94. The van der Waals surface area contributed by atoms with Crippen molar-refractivity contribution in [2.45, 2.75) is 31.6 Å². The zero-order chi connectivity index (χ0) is 22.6. The average Bonchev–Trinajstić information content (AvgIpc) is 2.76. The largest absolute Gasteiger partial charge is 0.467 e. The highest BCUT2D eigenvalue weighted by Crippen LogP contribution is 2.11. The van der Waals surface area contributed by atoms with Crippen molar-refractivity contribution in [2.75, 3.05) is 13.7 Å². The number of nitrogens with one attached hydrogen (secondary N) is 2. The van der Waals surface area contributed by atoms with Crippen molar-refractivity contribution in [3.63, 3.8) is 0 Å². The lowest BCUT2D eigenvalue weighted by molar-refractivity contribution is -0.145. The minimum absolute atomic E-state index is 0.0997. The number of ether oxygens (including phenoxy) is 2. The van der Waals surface area contributed by atoms with E-state index in [0.717, 1.165) is 14.7 Å². The molecule has 0 saturated heterocycles. The van der Waals surface area contributed by atoms with E-state index in [1.54, 1.807) is 0 Å². The number of esters is 1. The summed E-state index contributed by atoms with van der Waals surface area (Å²) < 4.78 is 10.8. The molecule has 31 heavy (non-hydrogen) atoms. The molecule has 3 N–H and O–H groups in total. The maximum atomic E-state index is 12.3. The van der Waals surface area contributed by atoms with Crippen LogP contribution < -0.4 is 10.6 Å². The van der Waals surface area contributed by atoms with Crippen molar-refractivity contribution in [1.82, 2.24) is 10.6 Å². The van der Waals surface area contributed by atoms with Crippen molar-refractivity contribution >= 4 is 40.6 Å². The predicted molar refractivity (Wildman–Crippen MR) is 122 cm³/mol. The molecule has 9 heteroatoms. The van der Waals surface area contributed by atoms with Crippen molar-refractivity contribution in [1.29, 1.82) is 0 Å². The first-order valence-electron chi connectivity index (χ1n) is 9.61. The molecule has 0 aliphatic heterocycles. The Hall–Kier alpha value is -2.66. The van der Waals surface area contributed by atoms with Crippen LogP contribution in [0.15, 0.2) is 54.6 Å². The normalized spacial score (nSPS) is 12.4. The summed E-state index contributed by atoms with van der Waals surface area (Å²) in [5.74, 6) is -1.11.